The van der Waals surface area contributed by atoms with Gasteiger partial charge in [0.15, 0.2) is 0 Å². The molecule has 0 aromatic heterocycles. The van der Waals surface area contributed by atoms with Crippen LogP contribution in [0, 0.1) is 0 Å². The van der Waals surface area contributed by atoms with E-state index in [-0.39, 0.29) is 24.0 Å². The number of nitrogens with zero attached hydrogens (tertiary/aromatic N) is 1. The molecule has 0 unspecified atom stereocenters. The quantitative estimate of drug-likeness (QED) is 0.873. The monoisotopic (exact) mass is 287 g/mol. The second-order valence-electron chi connectivity index (χ2n) is 5.78. The summed E-state index contributed by atoms with van der Waals surface area (Å²) in [5, 5.41) is 5.58. The summed E-state index contributed by atoms with van der Waals surface area (Å²) in [6.07, 6.45) is 2.26. The van der Waals surface area contributed by atoms with Crippen molar-refractivity contribution < 1.29 is 9.59 Å². The van der Waals surface area contributed by atoms with E-state index in [2.05, 4.69) is 22.8 Å². The lowest BCUT2D eigenvalue weighted by Crippen LogP contribution is -2.44. The van der Waals surface area contributed by atoms with Crippen LogP contribution in [0.25, 0.3) is 0 Å². The highest BCUT2D eigenvalue weighted by atomic mass is 16.2. The highest BCUT2D eigenvalue weighted by Gasteiger charge is 2.37. The van der Waals surface area contributed by atoms with Gasteiger partial charge in [0.1, 0.15) is 0 Å². The molecule has 1 saturated heterocycles. The molecule has 1 aliphatic carbocycles. The number of hydrogen-bond donors (Lipinski definition) is 2. The Hall–Kier alpha value is -2.04. The number of likely N-dealkylation sites (tertiary alicyclic amines) is 1. The van der Waals surface area contributed by atoms with Gasteiger partial charge in [-0.2, -0.15) is 0 Å². The molecule has 1 aliphatic heterocycles. The van der Waals surface area contributed by atoms with Crippen LogP contribution < -0.4 is 10.6 Å². The van der Waals surface area contributed by atoms with Gasteiger partial charge in [-0.3, -0.25) is 4.79 Å². The average Bonchev–Trinajstić information content (AvgIpc) is 3.02. The molecule has 2 aliphatic rings. The van der Waals surface area contributed by atoms with Crippen LogP contribution in [-0.2, 0) is 17.6 Å². The summed E-state index contributed by atoms with van der Waals surface area (Å²) in [5.41, 5.74) is 2.69. The molecule has 0 spiro atoms. The number of carbonyl (C=O) groups is 2. The van der Waals surface area contributed by atoms with Crippen molar-refractivity contribution in [2.45, 2.75) is 38.3 Å². The first kappa shape index (κ1) is 13.9. The minimum atomic E-state index is -0.188. The van der Waals surface area contributed by atoms with Gasteiger partial charge >= 0.3 is 6.03 Å². The number of hydrogen-bond acceptors (Lipinski definition) is 2. The highest BCUT2D eigenvalue weighted by molar-refractivity contribution is 5.82. The zero-order valence-electron chi connectivity index (χ0n) is 12.3. The van der Waals surface area contributed by atoms with Crippen LogP contribution in [0.15, 0.2) is 24.3 Å². The Kier molecular flexibility index (Phi) is 3.82. The van der Waals surface area contributed by atoms with Crippen molar-refractivity contribution in [1.82, 2.24) is 15.5 Å². The number of benzene rings is 1. The van der Waals surface area contributed by atoms with Crippen LogP contribution in [0.2, 0.25) is 0 Å². The number of rotatable bonds is 3. The Bertz CT molecular complexity index is 533. The lowest BCUT2D eigenvalue weighted by atomic mass is 10.1. The molecule has 112 valence electrons. The van der Waals surface area contributed by atoms with Crippen molar-refractivity contribution in [2.75, 3.05) is 13.1 Å². The Morgan fingerprint density at radius 3 is 2.52 bits per heavy atom. The molecule has 0 saturated carbocycles. The molecule has 1 aromatic carbocycles. The Balaban J connectivity index is 1.61. The third-order valence-corrected chi connectivity index (χ3v) is 4.30. The number of amides is 3. The fourth-order valence-electron chi connectivity index (χ4n) is 3.33. The van der Waals surface area contributed by atoms with Gasteiger partial charge < -0.3 is 15.5 Å². The molecule has 5 nitrogen and oxygen atoms in total. The minimum absolute atomic E-state index is 0.0761. The smallest absolute Gasteiger partial charge is 0.315 e. The second kappa shape index (κ2) is 5.76. The number of fused-ring (bicyclic) bond motifs is 1. The van der Waals surface area contributed by atoms with E-state index in [4.69, 9.17) is 0 Å². The minimum Gasteiger partial charge on any atom is -0.338 e. The van der Waals surface area contributed by atoms with Gasteiger partial charge in [-0.25, -0.2) is 4.79 Å². The molecule has 1 fully saturated rings. The van der Waals surface area contributed by atoms with Crippen LogP contribution in [-0.4, -0.2) is 42.0 Å². The van der Waals surface area contributed by atoms with E-state index >= 15 is 0 Å². The predicted octanol–water partition coefficient (Wildman–Crippen LogP) is 1.07. The van der Waals surface area contributed by atoms with Crippen molar-refractivity contribution in [3.8, 4) is 0 Å². The third-order valence-electron chi connectivity index (χ3n) is 4.30. The summed E-state index contributed by atoms with van der Waals surface area (Å²) in [5.74, 6) is 0.148. The first-order valence-electron chi connectivity index (χ1n) is 7.58. The molecular formula is C16H21N3O2. The first-order valence-corrected chi connectivity index (χ1v) is 7.58. The topological polar surface area (TPSA) is 61.4 Å². The van der Waals surface area contributed by atoms with Gasteiger partial charge in [0.25, 0.3) is 0 Å². The fourth-order valence-corrected chi connectivity index (χ4v) is 3.33. The largest absolute Gasteiger partial charge is 0.338 e. The molecule has 3 amide bonds. The summed E-state index contributed by atoms with van der Waals surface area (Å²) < 4.78 is 0. The Morgan fingerprint density at radius 2 is 1.90 bits per heavy atom. The molecule has 2 N–H and O–H groups in total. The Morgan fingerprint density at radius 1 is 1.24 bits per heavy atom. The van der Waals surface area contributed by atoms with Crippen molar-refractivity contribution >= 4 is 11.9 Å². The molecule has 1 heterocycles. The molecular weight excluding hydrogens is 266 g/mol. The van der Waals surface area contributed by atoms with Crippen LogP contribution in [0.3, 0.4) is 0 Å². The van der Waals surface area contributed by atoms with Crippen LogP contribution in [0.1, 0.15) is 24.5 Å². The van der Waals surface area contributed by atoms with E-state index in [1.54, 1.807) is 0 Å². The molecule has 3 rings (SSSR count). The van der Waals surface area contributed by atoms with E-state index in [0.29, 0.717) is 19.5 Å². The normalized spacial score (nSPS) is 21.5. The van der Waals surface area contributed by atoms with Crippen LogP contribution >= 0.6 is 0 Å². The number of nitrogens with one attached hydrogen (secondary N) is 2. The maximum atomic E-state index is 12.2. The predicted molar refractivity (Wildman–Crippen MR) is 80.0 cm³/mol. The molecule has 1 atom stereocenters. The second-order valence-corrected chi connectivity index (χ2v) is 5.78. The van der Waals surface area contributed by atoms with E-state index in [9.17, 15) is 9.59 Å². The average molecular weight is 287 g/mol. The van der Waals surface area contributed by atoms with Crippen molar-refractivity contribution in [3.05, 3.63) is 35.4 Å². The van der Waals surface area contributed by atoms with Gasteiger partial charge in [0.05, 0.1) is 6.04 Å². The number of carbonyl (C=O) groups excluding carboxylic acids is 2. The maximum Gasteiger partial charge on any atom is 0.315 e. The van der Waals surface area contributed by atoms with Crippen LogP contribution in [0.5, 0.6) is 0 Å². The van der Waals surface area contributed by atoms with E-state index in [0.717, 1.165) is 12.8 Å². The van der Waals surface area contributed by atoms with Crippen molar-refractivity contribution in [3.63, 3.8) is 0 Å². The Labute approximate surface area is 124 Å². The number of urea groups is 1. The summed E-state index contributed by atoms with van der Waals surface area (Å²) in [4.78, 5) is 25.7. The molecule has 21 heavy (non-hydrogen) atoms. The van der Waals surface area contributed by atoms with E-state index in [1.807, 2.05) is 24.0 Å². The lowest BCUT2D eigenvalue weighted by Gasteiger charge is -2.24. The van der Waals surface area contributed by atoms with E-state index in [1.165, 1.54) is 11.1 Å². The van der Waals surface area contributed by atoms with Crippen molar-refractivity contribution in [2.24, 2.45) is 0 Å². The zero-order chi connectivity index (χ0) is 14.8. The van der Waals surface area contributed by atoms with E-state index < -0.39 is 0 Å². The zero-order valence-corrected chi connectivity index (χ0v) is 12.3. The summed E-state index contributed by atoms with van der Waals surface area (Å²) in [6, 6.07) is 8.36. The summed E-state index contributed by atoms with van der Waals surface area (Å²) >= 11 is 0. The van der Waals surface area contributed by atoms with Gasteiger partial charge in [-0.1, -0.05) is 24.3 Å². The van der Waals surface area contributed by atoms with Gasteiger partial charge in [0, 0.05) is 25.6 Å². The molecule has 0 radical (unpaired) electrons. The SMILES string of the molecule is CCNC(=O)N[C@H]1CC(=O)N(C2Cc3ccccc3C2)C1. The fraction of sp³-hybridized carbons (Fsp3) is 0.500. The van der Waals surface area contributed by atoms with Gasteiger partial charge in [-0.15, -0.1) is 0 Å². The molecule has 5 heteroatoms. The molecule has 0 bridgehead atoms. The standard InChI is InChI=1S/C16H21N3O2/c1-2-17-16(21)18-13-9-15(20)19(10-13)14-7-11-5-3-4-6-12(11)8-14/h3-6,13-14H,2,7-10H2,1H3,(H2,17,18,21)/t13-/m0/s1. The summed E-state index contributed by atoms with van der Waals surface area (Å²) in [7, 11) is 0. The summed E-state index contributed by atoms with van der Waals surface area (Å²) in [6.45, 7) is 3.09. The van der Waals surface area contributed by atoms with Gasteiger partial charge in [-0.05, 0) is 30.9 Å². The van der Waals surface area contributed by atoms with Crippen molar-refractivity contribution in [1.29, 1.82) is 0 Å². The first-order chi connectivity index (χ1) is 10.2. The highest BCUT2D eigenvalue weighted by Crippen LogP contribution is 2.28. The van der Waals surface area contributed by atoms with Gasteiger partial charge in [0.2, 0.25) is 5.91 Å². The third kappa shape index (κ3) is 2.86. The maximum absolute atomic E-state index is 12.2. The van der Waals surface area contributed by atoms with Crippen LogP contribution in [0.4, 0.5) is 4.79 Å². The molecule has 1 aromatic rings. The lowest BCUT2D eigenvalue weighted by molar-refractivity contribution is -0.129.